The number of benzene rings is 1. The number of hydrogen-bond acceptors (Lipinski definition) is 4. The van der Waals surface area contributed by atoms with Crippen molar-refractivity contribution >= 4 is 34.4 Å². The Bertz CT molecular complexity index is 485. The van der Waals surface area contributed by atoms with Gasteiger partial charge in [-0.1, -0.05) is 43.8 Å². The highest BCUT2D eigenvalue weighted by atomic mass is 32.2. The van der Waals surface area contributed by atoms with Gasteiger partial charge in [0.15, 0.2) is 5.16 Å². The molecule has 1 aromatic heterocycles. The summed E-state index contributed by atoms with van der Waals surface area (Å²) in [6.07, 6.45) is 0. The van der Waals surface area contributed by atoms with E-state index >= 15 is 0 Å². The van der Waals surface area contributed by atoms with Gasteiger partial charge in [0, 0.05) is 5.39 Å². The molecule has 1 heterocycles. The number of thioether (sulfide) groups is 2. The fourth-order valence-electron chi connectivity index (χ4n) is 1.47. The second kappa shape index (κ2) is 5.55. The van der Waals surface area contributed by atoms with Gasteiger partial charge in [0.25, 0.3) is 0 Å². The predicted octanol–water partition coefficient (Wildman–Crippen LogP) is 3.85. The van der Waals surface area contributed by atoms with Gasteiger partial charge in [0.05, 0.1) is 5.52 Å². The number of para-hydroxylation sites is 1. The van der Waals surface area contributed by atoms with Crippen molar-refractivity contribution in [2.24, 2.45) is 0 Å². The Labute approximate surface area is 104 Å². The maximum Gasteiger partial charge on any atom is 0.189 e. The molecular weight excluding hydrogens is 236 g/mol. The third-order valence-electron chi connectivity index (χ3n) is 2.10. The molecule has 0 saturated heterocycles. The molecule has 1 aromatic carbocycles. The van der Waals surface area contributed by atoms with Gasteiger partial charge in [0.2, 0.25) is 0 Å². The topological polar surface area (TPSA) is 25.8 Å². The van der Waals surface area contributed by atoms with Gasteiger partial charge in [-0.3, -0.25) is 0 Å². The molecule has 0 aliphatic carbocycles. The Morgan fingerprint density at radius 3 is 2.50 bits per heavy atom. The van der Waals surface area contributed by atoms with E-state index in [-0.39, 0.29) is 0 Å². The highest BCUT2D eigenvalue weighted by Gasteiger charge is 2.06. The summed E-state index contributed by atoms with van der Waals surface area (Å²) >= 11 is 3.47. The van der Waals surface area contributed by atoms with Crippen LogP contribution >= 0.6 is 23.5 Å². The molecule has 0 radical (unpaired) electrons. The minimum Gasteiger partial charge on any atom is -0.222 e. The quantitative estimate of drug-likeness (QED) is 0.467. The Morgan fingerprint density at radius 1 is 1.00 bits per heavy atom. The van der Waals surface area contributed by atoms with E-state index in [1.165, 1.54) is 0 Å². The van der Waals surface area contributed by atoms with E-state index in [1.807, 2.05) is 12.1 Å². The van der Waals surface area contributed by atoms with E-state index < -0.39 is 0 Å². The van der Waals surface area contributed by atoms with Crippen molar-refractivity contribution in [2.45, 2.75) is 24.0 Å². The number of aromatic nitrogens is 2. The molecule has 0 saturated carbocycles. The molecule has 0 aliphatic heterocycles. The molecule has 0 amide bonds. The summed E-state index contributed by atoms with van der Waals surface area (Å²) in [6, 6.07) is 8.21. The number of nitrogens with zero attached hydrogens (tertiary/aromatic N) is 2. The van der Waals surface area contributed by atoms with Crippen molar-refractivity contribution in [3.8, 4) is 0 Å². The molecule has 0 aliphatic rings. The zero-order valence-electron chi connectivity index (χ0n) is 9.43. The van der Waals surface area contributed by atoms with Crippen molar-refractivity contribution in [1.29, 1.82) is 0 Å². The lowest BCUT2D eigenvalue weighted by Crippen LogP contribution is -1.92. The molecule has 0 spiro atoms. The smallest absolute Gasteiger partial charge is 0.189 e. The largest absolute Gasteiger partial charge is 0.222 e. The summed E-state index contributed by atoms with van der Waals surface area (Å²) in [4.78, 5) is 9.14. The van der Waals surface area contributed by atoms with Crippen LogP contribution < -0.4 is 0 Å². The van der Waals surface area contributed by atoms with E-state index in [1.54, 1.807) is 23.5 Å². The Balaban J connectivity index is 2.54. The maximum atomic E-state index is 4.60. The molecule has 2 nitrogen and oxygen atoms in total. The third-order valence-corrected chi connectivity index (χ3v) is 3.70. The second-order valence-corrected chi connectivity index (χ2v) is 5.68. The summed E-state index contributed by atoms with van der Waals surface area (Å²) in [6.45, 7) is 4.27. The molecule has 16 heavy (non-hydrogen) atoms. The zero-order valence-corrected chi connectivity index (χ0v) is 11.1. The fraction of sp³-hybridized carbons (Fsp3) is 0.333. The van der Waals surface area contributed by atoms with Gasteiger partial charge in [-0.2, -0.15) is 0 Å². The lowest BCUT2D eigenvalue weighted by atomic mass is 10.2. The van der Waals surface area contributed by atoms with Crippen LogP contribution in [0, 0.1) is 0 Å². The first kappa shape index (κ1) is 11.7. The van der Waals surface area contributed by atoms with Crippen molar-refractivity contribution in [2.75, 3.05) is 11.5 Å². The molecule has 84 valence electrons. The molecule has 0 fully saturated rings. The van der Waals surface area contributed by atoms with Crippen LogP contribution in [0.2, 0.25) is 0 Å². The molecule has 0 bridgehead atoms. The summed E-state index contributed by atoms with van der Waals surface area (Å²) in [5, 5.41) is 3.15. The van der Waals surface area contributed by atoms with E-state index in [0.29, 0.717) is 0 Å². The Morgan fingerprint density at radius 2 is 1.75 bits per heavy atom. The highest BCUT2D eigenvalue weighted by Crippen LogP contribution is 2.27. The molecule has 4 heteroatoms. The Hall–Kier alpha value is -0.740. The first-order chi connectivity index (χ1) is 7.85. The van der Waals surface area contributed by atoms with E-state index in [2.05, 4.69) is 35.9 Å². The number of hydrogen-bond donors (Lipinski definition) is 0. The van der Waals surface area contributed by atoms with Crippen LogP contribution in [-0.4, -0.2) is 21.5 Å². The monoisotopic (exact) mass is 250 g/mol. The lowest BCUT2D eigenvalue weighted by molar-refractivity contribution is 0.931. The van der Waals surface area contributed by atoms with Gasteiger partial charge >= 0.3 is 0 Å². The lowest BCUT2D eigenvalue weighted by Gasteiger charge is -2.06. The average Bonchev–Trinajstić information content (AvgIpc) is 2.30. The summed E-state index contributed by atoms with van der Waals surface area (Å²) < 4.78 is 0. The van der Waals surface area contributed by atoms with Crippen LogP contribution in [-0.2, 0) is 0 Å². The second-order valence-electron chi connectivity index (χ2n) is 3.19. The first-order valence-corrected chi connectivity index (χ1v) is 7.34. The third kappa shape index (κ3) is 2.50. The van der Waals surface area contributed by atoms with Crippen LogP contribution in [0.4, 0.5) is 0 Å². The van der Waals surface area contributed by atoms with Crippen molar-refractivity contribution in [3.05, 3.63) is 24.3 Å². The Kier molecular flexibility index (Phi) is 4.07. The number of fused-ring (bicyclic) bond motifs is 1. The molecule has 0 N–H and O–H groups in total. The van der Waals surface area contributed by atoms with Crippen LogP contribution in [0.5, 0.6) is 0 Å². The minimum atomic E-state index is 0.886. The zero-order chi connectivity index (χ0) is 11.4. The van der Waals surface area contributed by atoms with Gasteiger partial charge < -0.3 is 0 Å². The van der Waals surface area contributed by atoms with E-state index in [9.17, 15) is 0 Å². The summed E-state index contributed by atoms with van der Waals surface area (Å²) in [7, 11) is 0. The van der Waals surface area contributed by atoms with Crippen molar-refractivity contribution in [1.82, 2.24) is 9.97 Å². The molecule has 0 unspecified atom stereocenters. The van der Waals surface area contributed by atoms with Gasteiger partial charge in [-0.15, -0.1) is 11.8 Å². The van der Waals surface area contributed by atoms with Crippen LogP contribution in [0.1, 0.15) is 13.8 Å². The SMILES string of the molecule is CCSc1nc(SCC)c2ccccc2n1. The normalized spacial score (nSPS) is 10.9. The first-order valence-electron chi connectivity index (χ1n) is 5.37. The molecule has 0 atom stereocenters. The van der Waals surface area contributed by atoms with Gasteiger partial charge in [-0.25, -0.2) is 9.97 Å². The number of rotatable bonds is 4. The van der Waals surface area contributed by atoms with Crippen molar-refractivity contribution in [3.63, 3.8) is 0 Å². The minimum absolute atomic E-state index is 0.886. The van der Waals surface area contributed by atoms with Gasteiger partial charge in [0.1, 0.15) is 5.03 Å². The van der Waals surface area contributed by atoms with Gasteiger partial charge in [-0.05, 0) is 17.6 Å². The van der Waals surface area contributed by atoms with Crippen LogP contribution in [0.15, 0.2) is 34.4 Å². The highest BCUT2D eigenvalue weighted by molar-refractivity contribution is 7.99. The van der Waals surface area contributed by atoms with E-state index in [4.69, 9.17) is 0 Å². The average molecular weight is 250 g/mol. The van der Waals surface area contributed by atoms with E-state index in [0.717, 1.165) is 32.6 Å². The predicted molar refractivity (Wildman–Crippen MR) is 72.3 cm³/mol. The maximum absolute atomic E-state index is 4.60. The molecular formula is C12H14N2S2. The summed E-state index contributed by atoms with van der Waals surface area (Å²) in [5.74, 6) is 2.05. The standard InChI is InChI=1S/C12H14N2S2/c1-3-15-11-9-7-5-6-8-10(9)13-12(14-11)16-4-2/h5-8H,3-4H2,1-2H3. The molecule has 2 rings (SSSR count). The van der Waals surface area contributed by atoms with Crippen LogP contribution in [0.3, 0.4) is 0 Å². The van der Waals surface area contributed by atoms with Crippen LogP contribution in [0.25, 0.3) is 10.9 Å². The fourth-order valence-corrected chi connectivity index (χ4v) is 2.85. The molecule has 2 aromatic rings. The van der Waals surface area contributed by atoms with Crippen molar-refractivity contribution < 1.29 is 0 Å². The summed E-state index contributed by atoms with van der Waals surface area (Å²) in [5.41, 5.74) is 1.05.